The van der Waals surface area contributed by atoms with Gasteiger partial charge in [0.1, 0.15) is 0 Å². The van der Waals surface area contributed by atoms with Crippen LogP contribution in [0.1, 0.15) is 18.9 Å². The summed E-state index contributed by atoms with van der Waals surface area (Å²) >= 11 is 0. The molecule has 1 atom stereocenters. The molecule has 134 valence electrons. The zero-order valence-electron chi connectivity index (χ0n) is 14.9. The van der Waals surface area contributed by atoms with Crippen LogP contribution >= 0.6 is 0 Å². The van der Waals surface area contributed by atoms with Crippen LogP contribution in [0.25, 0.3) is 10.9 Å². The van der Waals surface area contributed by atoms with Gasteiger partial charge in [0.2, 0.25) is 0 Å². The van der Waals surface area contributed by atoms with E-state index in [2.05, 4.69) is 41.1 Å². The number of benzene rings is 2. The molecule has 1 aliphatic heterocycles. The third kappa shape index (κ3) is 3.22. The summed E-state index contributed by atoms with van der Waals surface area (Å²) in [6.45, 7) is 5.36. The van der Waals surface area contributed by atoms with Gasteiger partial charge in [0.25, 0.3) is 5.56 Å². The van der Waals surface area contributed by atoms with Crippen LogP contribution in [0.2, 0.25) is 0 Å². The predicted octanol–water partition coefficient (Wildman–Crippen LogP) is 2.60. The van der Waals surface area contributed by atoms with Gasteiger partial charge in [0.15, 0.2) is 0 Å². The Morgan fingerprint density at radius 3 is 2.58 bits per heavy atom. The molecule has 0 saturated carbocycles. The second-order valence-electron chi connectivity index (χ2n) is 7.62. The minimum atomic E-state index is -0.323. The molecular formula is C21H23N3O2. The standard InChI is InChI=1S/C21H23N3O2/c1-21(11-12-23(14-21)13-16-7-3-2-4-8-16)15-24-19(25)17-9-5-6-10-18(17)22-20(24)26/h2-10H,11-15H2,1H3,(H,22,26). The minimum Gasteiger partial charge on any atom is -0.307 e. The van der Waals surface area contributed by atoms with Gasteiger partial charge in [-0.1, -0.05) is 49.4 Å². The van der Waals surface area contributed by atoms with E-state index in [1.807, 2.05) is 18.2 Å². The number of aromatic amines is 1. The maximum atomic E-state index is 12.8. The van der Waals surface area contributed by atoms with Crippen molar-refractivity contribution < 1.29 is 0 Å². The topological polar surface area (TPSA) is 58.1 Å². The second kappa shape index (κ2) is 6.57. The van der Waals surface area contributed by atoms with E-state index in [9.17, 15) is 9.59 Å². The van der Waals surface area contributed by atoms with Crippen molar-refractivity contribution in [3.8, 4) is 0 Å². The van der Waals surface area contributed by atoms with Crippen LogP contribution in [-0.4, -0.2) is 27.5 Å². The zero-order chi connectivity index (χ0) is 18.1. The highest BCUT2D eigenvalue weighted by molar-refractivity contribution is 5.76. The third-order valence-corrected chi connectivity index (χ3v) is 5.32. The Kier molecular flexibility index (Phi) is 4.24. The summed E-state index contributed by atoms with van der Waals surface area (Å²) in [4.78, 5) is 30.5. The molecule has 1 aliphatic rings. The van der Waals surface area contributed by atoms with Gasteiger partial charge in [-0.25, -0.2) is 4.79 Å². The molecular weight excluding hydrogens is 326 g/mol. The summed E-state index contributed by atoms with van der Waals surface area (Å²) in [5.41, 5.74) is 1.27. The van der Waals surface area contributed by atoms with Crippen LogP contribution in [-0.2, 0) is 13.1 Å². The summed E-state index contributed by atoms with van der Waals surface area (Å²) in [5, 5.41) is 0.565. The molecule has 0 aliphatic carbocycles. The van der Waals surface area contributed by atoms with Crippen molar-refractivity contribution in [1.82, 2.24) is 14.5 Å². The van der Waals surface area contributed by atoms with Gasteiger partial charge in [-0.15, -0.1) is 0 Å². The van der Waals surface area contributed by atoms with Crippen LogP contribution in [0.15, 0.2) is 64.2 Å². The Morgan fingerprint density at radius 1 is 1.04 bits per heavy atom. The number of para-hydroxylation sites is 1. The highest BCUT2D eigenvalue weighted by Crippen LogP contribution is 2.32. The van der Waals surface area contributed by atoms with Crippen molar-refractivity contribution in [2.24, 2.45) is 5.41 Å². The maximum Gasteiger partial charge on any atom is 0.328 e. The second-order valence-corrected chi connectivity index (χ2v) is 7.62. The molecule has 0 amide bonds. The number of rotatable bonds is 4. The molecule has 1 saturated heterocycles. The van der Waals surface area contributed by atoms with E-state index < -0.39 is 0 Å². The number of hydrogen-bond acceptors (Lipinski definition) is 3. The first-order chi connectivity index (χ1) is 12.5. The maximum absolute atomic E-state index is 12.8. The third-order valence-electron chi connectivity index (χ3n) is 5.32. The number of H-pyrrole nitrogens is 1. The number of likely N-dealkylation sites (tertiary alicyclic amines) is 1. The Balaban J connectivity index is 1.57. The first-order valence-corrected chi connectivity index (χ1v) is 9.02. The Labute approximate surface area is 151 Å². The fourth-order valence-corrected chi connectivity index (χ4v) is 3.96. The van der Waals surface area contributed by atoms with Crippen LogP contribution < -0.4 is 11.2 Å². The highest BCUT2D eigenvalue weighted by atomic mass is 16.2. The molecule has 0 spiro atoms. The summed E-state index contributed by atoms with van der Waals surface area (Å²) < 4.78 is 1.37. The van der Waals surface area contributed by atoms with E-state index in [-0.39, 0.29) is 16.7 Å². The highest BCUT2D eigenvalue weighted by Gasteiger charge is 2.35. The van der Waals surface area contributed by atoms with Crippen molar-refractivity contribution in [2.45, 2.75) is 26.4 Å². The Hall–Kier alpha value is -2.66. The van der Waals surface area contributed by atoms with Gasteiger partial charge < -0.3 is 4.98 Å². The number of aromatic nitrogens is 2. The molecule has 0 bridgehead atoms. The summed E-state index contributed by atoms with van der Waals surface area (Å²) in [7, 11) is 0. The zero-order valence-corrected chi connectivity index (χ0v) is 14.9. The quantitative estimate of drug-likeness (QED) is 0.788. The van der Waals surface area contributed by atoms with Crippen LogP contribution in [0.5, 0.6) is 0 Å². The van der Waals surface area contributed by atoms with E-state index in [0.29, 0.717) is 17.4 Å². The fourth-order valence-electron chi connectivity index (χ4n) is 3.96. The summed E-state index contributed by atoms with van der Waals surface area (Å²) in [5.74, 6) is 0. The van der Waals surface area contributed by atoms with Crippen molar-refractivity contribution in [1.29, 1.82) is 0 Å². The number of nitrogens with zero attached hydrogens (tertiary/aromatic N) is 2. The van der Waals surface area contributed by atoms with Gasteiger partial charge in [0.05, 0.1) is 10.9 Å². The van der Waals surface area contributed by atoms with Crippen molar-refractivity contribution >= 4 is 10.9 Å². The molecule has 2 aromatic carbocycles. The smallest absolute Gasteiger partial charge is 0.307 e. The first-order valence-electron chi connectivity index (χ1n) is 9.02. The molecule has 26 heavy (non-hydrogen) atoms. The van der Waals surface area contributed by atoms with Gasteiger partial charge in [-0.05, 0) is 36.1 Å². The molecule has 1 aromatic heterocycles. The monoisotopic (exact) mass is 349 g/mol. The molecule has 1 fully saturated rings. The predicted molar refractivity (Wildman–Crippen MR) is 103 cm³/mol. The minimum absolute atomic E-state index is 0.0892. The average Bonchev–Trinajstić information content (AvgIpc) is 3.00. The van der Waals surface area contributed by atoms with E-state index >= 15 is 0 Å². The number of hydrogen-bond donors (Lipinski definition) is 1. The van der Waals surface area contributed by atoms with Gasteiger partial charge >= 0.3 is 5.69 Å². The molecule has 5 heteroatoms. The fraction of sp³-hybridized carbons (Fsp3) is 0.333. The normalized spacial score (nSPS) is 20.7. The Bertz CT molecular complexity index is 1040. The van der Waals surface area contributed by atoms with E-state index in [1.54, 1.807) is 12.1 Å². The van der Waals surface area contributed by atoms with E-state index in [0.717, 1.165) is 26.1 Å². The van der Waals surface area contributed by atoms with Crippen molar-refractivity contribution in [2.75, 3.05) is 13.1 Å². The van der Waals surface area contributed by atoms with Crippen molar-refractivity contribution in [3.05, 3.63) is 81.0 Å². The molecule has 2 heterocycles. The first kappa shape index (κ1) is 16.8. The lowest BCUT2D eigenvalue weighted by molar-refractivity contribution is 0.238. The van der Waals surface area contributed by atoms with Gasteiger partial charge in [-0.3, -0.25) is 14.3 Å². The molecule has 1 unspecified atom stereocenters. The van der Waals surface area contributed by atoms with Crippen molar-refractivity contribution in [3.63, 3.8) is 0 Å². The summed E-state index contributed by atoms with van der Waals surface area (Å²) in [6.07, 6.45) is 0.971. The average molecular weight is 349 g/mol. The van der Waals surface area contributed by atoms with Crippen LogP contribution in [0, 0.1) is 5.41 Å². The van der Waals surface area contributed by atoms with E-state index in [4.69, 9.17) is 0 Å². The SMILES string of the molecule is CC1(Cn2c(=O)[nH]c3ccccc3c2=O)CCN(Cc2ccccc2)C1. The number of nitrogens with one attached hydrogen (secondary N) is 1. The van der Waals surface area contributed by atoms with Gasteiger partial charge in [0, 0.05) is 19.6 Å². The molecule has 3 aromatic rings. The lowest BCUT2D eigenvalue weighted by atomic mass is 9.89. The molecule has 5 nitrogen and oxygen atoms in total. The summed E-state index contributed by atoms with van der Waals surface area (Å²) in [6, 6.07) is 17.6. The van der Waals surface area contributed by atoms with Gasteiger partial charge in [-0.2, -0.15) is 0 Å². The van der Waals surface area contributed by atoms with E-state index in [1.165, 1.54) is 10.1 Å². The lowest BCUT2D eigenvalue weighted by Crippen LogP contribution is -2.41. The number of fused-ring (bicyclic) bond motifs is 1. The van der Waals surface area contributed by atoms with Crippen LogP contribution in [0.3, 0.4) is 0 Å². The van der Waals surface area contributed by atoms with Crippen LogP contribution in [0.4, 0.5) is 0 Å². The lowest BCUT2D eigenvalue weighted by Gasteiger charge is -2.25. The molecule has 4 rings (SSSR count). The largest absolute Gasteiger partial charge is 0.328 e. The molecule has 0 radical (unpaired) electrons. The molecule has 1 N–H and O–H groups in total. The Morgan fingerprint density at radius 2 is 1.77 bits per heavy atom.